The van der Waals surface area contributed by atoms with Gasteiger partial charge in [-0.15, -0.1) is 5.10 Å². The van der Waals surface area contributed by atoms with Crippen molar-refractivity contribution in [3.63, 3.8) is 0 Å². The molecule has 0 amide bonds. The standard InChI is InChI=1S/C19H16BrClN6O2/c1-12-4-3-5-17(27-19(28)25(2)23-24-27)15(12)11-29-18-16(20)10-26(22-18)14-8-6-13(21)7-9-14/h3-10H,11H2,1-2H3. The smallest absolute Gasteiger partial charge is 0.368 e. The lowest BCUT2D eigenvalue weighted by Crippen LogP contribution is -2.23. The number of tetrazole rings is 1. The molecule has 2 heterocycles. The van der Waals surface area contributed by atoms with Gasteiger partial charge in [0.05, 0.1) is 15.8 Å². The quantitative estimate of drug-likeness (QED) is 0.442. The molecule has 0 spiro atoms. The number of aryl methyl sites for hydroxylation is 2. The van der Waals surface area contributed by atoms with Crippen LogP contribution in [0.3, 0.4) is 0 Å². The van der Waals surface area contributed by atoms with Crippen molar-refractivity contribution in [2.45, 2.75) is 13.5 Å². The van der Waals surface area contributed by atoms with Crippen LogP contribution in [0.25, 0.3) is 11.4 Å². The van der Waals surface area contributed by atoms with E-state index < -0.39 is 0 Å². The van der Waals surface area contributed by atoms with Gasteiger partial charge in [0, 0.05) is 23.8 Å². The topological polar surface area (TPSA) is 79.8 Å². The Kier molecular flexibility index (Phi) is 5.25. The zero-order valence-corrected chi connectivity index (χ0v) is 17.9. The molecule has 0 aliphatic heterocycles. The predicted molar refractivity (Wildman–Crippen MR) is 112 cm³/mol. The average Bonchev–Trinajstić information content (AvgIpc) is 3.24. The SMILES string of the molecule is Cc1cccc(-n2nnn(C)c2=O)c1COc1nn(-c2ccc(Cl)cc2)cc1Br. The van der Waals surface area contributed by atoms with Crippen molar-refractivity contribution in [1.29, 1.82) is 0 Å². The molecule has 2 aromatic heterocycles. The molecule has 0 aliphatic carbocycles. The first-order valence-corrected chi connectivity index (χ1v) is 9.83. The van der Waals surface area contributed by atoms with Gasteiger partial charge < -0.3 is 4.74 Å². The summed E-state index contributed by atoms with van der Waals surface area (Å²) in [5, 5.41) is 12.9. The highest BCUT2D eigenvalue weighted by atomic mass is 79.9. The van der Waals surface area contributed by atoms with Crippen molar-refractivity contribution in [2.24, 2.45) is 7.05 Å². The number of hydrogen-bond donors (Lipinski definition) is 0. The Labute approximate surface area is 179 Å². The third-order valence-electron chi connectivity index (χ3n) is 4.42. The average molecular weight is 476 g/mol. The van der Waals surface area contributed by atoms with Crippen molar-refractivity contribution in [3.05, 3.63) is 79.8 Å². The van der Waals surface area contributed by atoms with E-state index in [1.165, 1.54) is 9.36 Å². The fourth-order valence-corrected chi connectivity index (χ4v) is 3.35. The maximum Gasteiger partial charge on any atom is 0.368 e. The lowest BCUT2D eigenvalue weighted by molar-refractivity contribution is 0.289. The molecule has 0 radical (unpaired) electrons. The molecule has 0 bridgehead atoms. The second kappa shape index (κ2) is 7.84. The fourth-order valence-electron chi connectivity index (χ4n) is 2.84. The number of rotatable bonds is 5. The Morgan fingerprint density at radius 2 is 1.90 bits per heavy atom. The summed E-state index contributed by atoms with van der Waals surface area (Å²) >= 11 is 9.43. The summed E-state index contributed by atoms with van der Waals surface area (Å²) in [5.41, 5.74) is 2.94. The molecule has 0 saturated carbocycles. The normalized spacial score (nSPS) is 11.0. The highest BCUT2D eigenvalue weighted by Gasteiger charge is 2.15. The molecule has 29 heavy (non-hydrogen) atoms. The van der Waals surface area contributed by atoms with Gasteiger partial charge in [-0.25, -0.2) is 9.48 Å². The van der Waals surface area contributed by atoms with E-state index in [2.05, 4.69) is 31.5 Å². The minimum atomic E-state index is -0.329. The van der Waals surface area contributed by atoms with E-state index in [1.54, 1.807) is 23.9 Å². The van der Waals surface area contributed by atoms with Crippen LogP contribution in [0.1, 0.15) is 11.1 Å². The van der Waals surface area contributed by atoms with Crippen LogP contribution in [0, 0.1) is 6.92 Å². The molecule has 2 aromatic carbocycles. The lowest BCUT2D eigenvalue weighted by atomic mass is 10.1. The zero-order valence-electron chi connectivity index (χ0n) is 15.6. The molecule has 4 rings (SSSR count). The first-order chi connectivity index (χ1) is 13.9. The van der Waals surface area contributed by atoms with Crippen molar-refractivity contribution < 1.29 is 4.74 Å². The van der Waals surface area contributed by atoms with Crippen molar-refractivity contribution in [1.82, 2.24) is 29.6 Å². The number of hydrogen-bond acceptors (Lipinski definition) is 5. The molecule has 0 unspecified atom stereocenters. The van der Waals surface area contributed by atoms with Crippen molar-refractivity contribution >= 4 is 27.5 Å². The van der Waals surface area contributed by atoms with Gasteiger partial charge in [0.1, 0.15) is 6.61 Å². The molecule has 8 nitrogen and oxygen atoms in total. The Morgan fingerprint density at radius 3 is 2.59 bits per heavy atom. The summed E-state index contributed by atoms with van der Waals surface area (Å²) in [6.07, 6.45) is 1.81. The third kappa shape index (κ3) is 3.83. The van der Waals surface area contributed by atoms with Crippen LogP contribution in [0.2, 0.25) is 5.02 Å². The molecule has 148 valence electrons. The molecule has 0 fully saturated rings. The van der Waals surface area contributed by atoms with E-state index in [4.69, 9.17) is 16.3 Å². The Balaban J connectivity index is 1.63. The number of ether oxygens (including phenoxy) is 1. The van der Waals surface area contributed by atoms with Gasteiger partial charge in [-0.1, -0.05) is 23.7 Å². The van der Waals surface area contributed by atoms with Gasteiger partial charge in [0.25, 0.3) is 0 Å². The third-order valence-corrected chi connectivity index (χ3v) is 5.21. The maximum atomic E-state index is 12.3. The summed E-state index contributed by atoms with van der Waals surface area (Å²) < 4.78 is 10.8. The molecule has 4 aromatic rings. The van der Waals surface area contributed by atoms with Crippen LogP contribution in [0.4, 0.5) is 0 Å². The highest BCUT2D eigenvalue weighted by Crippen LogP contribution is 2.27. The van der Waals surface area contributed by atoms with Crippen molar-refractivity contribution in [3.8, 4) is 17.3 Å². The first kappa shape index (κ1) is 19.4. The number of aromatic nitrogens is 6. The molecular weight excluding hydrogens is 460 g/mol. The van der Waals surface area contributed by atoms with Crippen molar-refractivity contribution in [2.75, 3.05) is 0 Å². The zero-order chi connectivity index (χ0) is 20.5. The maximum absolute atomic E-state index is 12.3. The van der Waals surface area contributed by atoms with E-state index >= 15 is 0 Å². The van der Waals surface area contributed by atoms with E-state index in [9.17, 15) is 4.79 Å². The van der Waals surface area contributed by atoms with Gasteiger partial charge in [-0.3, -0.25) is 0 Å². The van der Waals surface area contributed by atoms with Crippen LogP contribution >= 0.6 is 27.5 Å². The lowest BCUT2D eigenvalue weighted by Gasteiger charge is -2.12. The minimum Gasteiger partial charge on any atom is -0.471 e. The molecule has 10 heteroatoms. The van der Waals surface area contributed by atoms with E-state index in [-0.39, 0.29) is 12.3 Å². The molecule has 0 N–H and O–H groups in total. The number of benzene rings is 2. The van der Waals surface area contributed by atoms with Gasteiger partial charge in [-0.05, 0) is 69.2 Å². The van der Waals surface area contributed by atoms with Crippen LogP contribution < -0.4 is 10.4 Å². The van der Waals surface area contributed by atoms with E-state index in [0.717, 1.165) is 16.8 Å². The molecule has 0 aliphatic rings. The Bertz CT molecular complexity index is 1230. The monoisotopic (exact) mass is 474 g/mol. The van der Waals surface area contributed by atoms with Gasteiger partial charge in [-0.2, -0.15) is 9.36 Å². The van der Waals surface area contributed by atoms with Crippen LogP contribution in [-0.4, -0.2) is 29.6 Å². The van der Waals surface area contributed by atoms with Gasteiger partial charge in [0.2, 0.25) is 5.88 Å². The van der Waals surface area contributed by atoms with Crippen LogP contribution in [0.15, 0.2) is 57.9 Å². The minimum absolute atomic E-state index is 0.210. The van der Waals surface area contributed by atoms with Crippen LogP contribution in [0.5, 0.6) is 5.88 Å². The van der Waals surface area contributed by atoms with Gasteiger partial charge >= 0.3 is 5.69 Å². The second-order valence-corrected chi connectivity index (χ2v) is 7.65. The second-order valence-electron chi connectivity index (χ2n) is 6.36. The first-order valence-electron chi connectivity index (χ1n) is 8.66. The summed E-state index contributed by atoms with van der Waals surface area (Å²) in [4.78, 5) is 12.3. The molecule has 0 atom stereocenters. The molecular formula is C19H16BrClN6O2. The number of halogens is 2. The fraction of sp³-hybridized carbons (Fsp3) is 0.158. The highest BCUT2D eigenvalue weighted by molar-refractivity contribution is 9.10. The predicted octanol–water partition coefficient (Wildman–Crippen LogP) is 3.46. The Hall–Kier alpha value is -2.91. The van der Waals surface area contributed by atoms with E-state index in [1.807, 2.05) is 43.5 Å². The molecule has 0 saturated heterocycles. The summed E-state index contributed by atoms with van der Waals surface area (Å²) in [7, 11) is 1.55. The van der Waals surface area contributed by atoms with Crippen LogP contribution in [-0.2, 0) is 13.7 Å². The summed E-state index contributed by atoms with van der Waals surface area (Å²) in [6.45, 7) is 2.16. The largest absolute Gasteiger partial charge is 0.471 e. The summed E-state index contributed by atoms with van der Waals surface area (Å²) in [5.74, 6) is 0.431. The van der Waals surface area contributed by atoms with Gasteiger partial charge in [0.15, 0.2) is 0 Å². The Morgan fingerprint density at radius 1 is 1.14 bits per heavy atom. The summed E-state index contributed by atoms with van der Waals surface area (Å²) in [6, 6.07) is 12.9. The number of nitrogens with zero attached hydrogens (tertiary/aromatic N) is 6. The van der Waals surface area contributed by atoms with E-state index in [0.29, 0.717) is 21.1 Å².